The van der Waals surface area contributed by atoms with Gasteiger partial charge in [0.05, 0.1) is 13.2 Å². The van der Waals surface area contributed by atoms with Crippen LogP contribution >= 0.6 is 15.9 Å². The Kier molecular flexibility index (Phi) is 11.9. The van der Waals surface area contributed by atoms with Crippen molar-refractivity contribution in [1.29, 1.82) is 0 Å². The fourth-order valence-corrected chi connectivity index (χ4v) is 6.32. The van der Waals surface area contributed by atoms with Crippen LogP contribution in [0.4, 0.5) is 0 Å². The monoisotopic (exact) mass is 486 g/mol. The summed E-state index contributed by atoms with van der Waals surface area (Å²) in [7, 11) is -6.70. The molecule has 0 aromatic heterocycles. The standard InChI is InChI=1S/C16H21O3P.C8H19O3P/c1-11-7-5-9-15(13(11)3)20(17,18,19)16-10-6-8-12(2)14(16)4;1-3-5-7-10-12(9)11-8-6-4-2/h5-10,17-19H,1-4H3;9H,3-8H2,1-2H3. The summed E-state index contributed by atoms with van der Waals surface area (Å²) < 4.78 is 10.1. The van der Waals surface area contributed by atoms with Crippen LogP contribution in [0.15, 0.2) is 36.4 Å². The second-order valence-electron chi connectivity index (χ2n) is 8.03. The molecule has 0 fully saturated rings. The van der Waals surface area contributed by atoms with Crippen LogP contribution in [0.5, 0.6) is 0 Å². The van der Waals surface area contributed by atoms with Crippen LogP contribution in [0.1, 0.15) is 61.8 Å². The van der Waals surface area contributed by atoms with E-state index in [9.17, 15) is 14.7 Å². The van der Waals surface area contributed by atoms with E-state index in [-0.39, 0.29) is 10.6 Å². The summed E-state index contributed by atoms with van der Waals surface area (Å²) in [4.78, 5) is 41.4. The zero-order valence-electron chi connectivity index (χ0n) is 20.2. The van der Waals surface area contributed by atoms with Crippen LogP contribution in [0.25, 0.3) is 0 Å². The Labute approximate surface area is 194 Å². The fourth-order valence-electron chi connectivity index (χ4n) is 3.10. The Morgan fingerprint density at radius 3 is 1.44 bits per heavy atom. The van der Waals surface area contributed by atoms with Crippen LogP contribution in [-0.2, 0) is 9.05 Å². The maximum atomic E-state index is 10.8. The topological polar surface area (TPSA) is 99.4 Å². The van der Waals surface area contributed by atoms with Crippen molar-refractivity contribution in [2.24, 2.45) is 0 Å². The fraction of sp³-hybridized carbons (Fsp3) is 0.500. The number of rotatable bonds is 10. The molecular weight excluding hydrogens is 446 g/mol. The van der Waals surface area contributed by atoms with E-state index < -0.39 is 15.9 Å². The van der Waals surface area contributed by atoms with Crippen molar-refractivity contribution < 1.29 is 28.6 Å². The quantitative estimate of drug-likeness (QED) is 0.279. The summed E-state index contributed by atoms with van der Waals surface area (Å²) in [6.07, 6.45) is 4.13. The molecule has 0 aliphatic carbocycles. The van der Waals surface area contributed by atoms with Gasteiger partial charge in [0.15, 0.2) is 0 Å². The molecule has 182 valence electrons. The van der Waals surface area contributed by atoms with Gasteiger partial charge in [-0.1, -0.05) is 26.7 Å². The number of benzene rings is 2. The van der Waals surface area contributed by atoms with Gasteiger partial charge in [0.1, 0.15) is 0 Å². The first-order valence-corrected chi connectivity index (χ1v) is 14.3. The Morgan fingerprint density at radius 2 is 1.09 bits per heavy atom. The zero-order valence-corrected chi connectivity index (χ0v) is 22.0. The van der Waals surface area contributed by atoms with E-state index in [0.29, 0.717) is 24.3 Å². The second kappa shape index (κ2) is 13.1. The molecule has 8 heteroatoms. The molecule has 0 radical (unpaired) electrons. The number of unbranched alkanes of at least 4 members (excludes halogenated alkanes) is 2. The van der Waals surface area contributed by atoms with Gasteiger partial charge >= 0.3 is 128 Å². The third-order valence-corrected chi connectivity index (χ3v) is 8.99. The Hall–Kier alpha value is -0.940. The van der Waals surface area contributed by atoms with Crippen molar-refractivity contribution in [3.05, 3.63) is 58.7 Å². The van der Waals surface area contributed by atoms with Crippen molar-refractivity contribution in [2.45, 2.75) is 67.2 Å². The molecule has 0 unspecified atom stereocenters. The summed E-state index contributed by atoms with van der Waals surface area (Å²) in [5, 5.41) is 0.425. The maximum absolute atomic E-state index is 10.8. The van der Waals surface area contributed by atoms with Gasteiger partial charge in [-0.2, -0.15) is 0 Å². The van der Waals surface area contributed by atoms with Crippen molar-refractivity contribution in [3.63, 3.8) is 0 Å². The predicted octanol–water partition coefficient (Wildman–Crippen LogP) is 4.99. The summed E-state index contributed by atoms with van der Waals surface area (Å²) in [6.45, 7) is 12.7. The molecule has 4 N–H and O–H groups in total. The van der Waals surface area contributed by atoms with Crippen LogP contribution < -0.4 is 10.6 Å². The number of aryl methyl sites for hydroxylation is 2. The van der Waals surface area contributed by atoms with E-state index in [2.05, 4.69) is 13.8 Å². The summed E-state index contributed by atoms with van der Waals surface area (Å²) >= 11 is 0. The average Bonchev–Trinajstić information content (AvgIpc) is 2.72. The van der Waals surface area contributed by atoms with Gasteiger partial charge in [0.25, 0.3) is 0 Å². The minimum atomic E-state index is -5.10. The minimum absolute atomic E-state index is 0.213. The predicted molar refractivity (Wildman–Crippen MR) is 136 cm³/mol. The van der Waals surface area contributed by atoms with Gasteiger partial charge in [-0.25, -0.2) is 0 Å². The van der Waals surface area contributed by atoms with Gasteiger partial charge in [-0.3, -0.25) is 0 Å². The first-order chi connectivity index (χ1) is 14.9. The number of hydrogen-bond acceptors (Lipinski definition) is 6. The molecule has 2 aromatic rings. The van der Waals surface area contributed by atoms with Gasteiger partial charge in [-0.05, 0) is 12.8 Å². The summed E-state index contributed by atoms with van der Waals surface area (Å²) in [5.74, 6) is 0. The molecule has 2 rings (SSSR count). The molecule has 0 bridgehead atoms. The Balaban J connectivity index is 0.000000368. The summed E-state index contributed by atoms with van der Waals surface area (Å²) in [5.41, 5.74) is 3.25. The van der Waals surface area contributed by atoms with Crippen molar-refractivity contribution >= 4 is 26.5 Å². The molecular formula is C24H40O6P2. The van der Waals surface area contributed by atoms with E-state index in [4.69, 9.17) is 13.9 Å². The molecule has 2 aromatic carbocycles. The Morgan fingerprint density at radius 1 is 0.719 bits per heavy atom. The molecule has 0 heterocycles. The SMILES string of the molecule is CCCCOP(O)OCCCC.Cc1cccc(P(O)(O)(O)c2cccc(C)c2C)c1C. The first-order valence-electron chi connectivity index (χ1n) is 11.1. The normalized spacial score (nSPS) is 12.8. The van der Waals surface area contributed by atoms with E-state index in [1.165, 1.54) is 0 Å². The van der Waals surface area contributed by atoms with E-state index in [1.807, 2.05) is 26.0 Å². The van der Waals surface area contributed by atoms with E-state index >= 15 is 0 Å². The first kappa shape index (κ1) is 29.1. The van der Waals surface area contributed by atoms with E-state index in [1.54, 1.807) is 38.1 Å². The molecule has 0 aliphatic rings. The molecule has 0 atom stereocenters. The molecule has 6 nitrogen and oxygen atoms in total. The molecule has 0 spiro atoms. The van der Waals surface area contributed by atoms with Gasteiger partial charge in [-0.15, -0.1) is 0 Å². The van der Waals surface area contributed by atoms with Crippen LogP contribution in [-0.4, -0.2) is 32.8 Å². The zero-order chi connectivity index (χ0) is 24.4. The van der Waals surface area contributed by atoms with E-state index in [0.717, 1.165) is 36.8 Å². The van der Waals surface area contributed by atoms with Crippen molar-refractivity contribution in [2.75, 3.05) is 13.2 Å². The third kappa shape index (κ3) is 8.13. The molecule has 0 saturated heterocycles. The average molecular weight is 487 g/mol. The van der Waals surface area contributed by atoms with Gasteiger partial charge in [0.2, 0.25) is 0 Å². The summed E-state index contributed by atoms with van der Waals surface area (Å²) in [6, 6.07) is 10.4. The number of hydrogen-bond donors (Lipinski definition) is 4. The van der Waals surface area contributed by atoms with Crippen LogP contribution in [0.2, 0.25) is 0 Å². The molecule has 0 amide bonds. The Bertz CT molecular complexity index is 783. The van der Waals surface area contributed by atoms with Crippen molar-refractivity contribution in [3.8, 4) is 0 Å². The third-order valence-electron chi connectivity index (χ3n) is 5.44. The molecule has 0 saturated carbocycles. The molecule has 0 aliphatic heterocycles. The van der Waals surface area contributed by atoms with Gasteiger partial charge < -0.3 is 13.9 Å². The van der Waals surface area contributed by atoms with Gasteiger partial charge in [0, 0.05) is 0 Å². The van der Waals surface area contributed by atoms with Crippen LogP contribution in [0, 0.1) is 27.7 Å². The van der Waals surface area contributed by atoms with Crippen LogP contribution in [0.3, 0.4) is 0 Å². The molecule has 32 heavy (non-hydrogen) atoms. The van der Waals surface area contributed by atoms with Crippen molar-refractivity contribution in [1.82, 2.24) is 0 Å². The second-order valence-corrected chi connectivity index (χ2v) is 11.9.